The van der Waals surface area contributed by atoms with Crippen molar-refractivity contribution in [1.29, 1.82) is 0 Å². The monoisotopic (exact) mass is 349 g/mol. The van der Waals surface area contributed by atoms with Crippen molar-refractivity contribution in [1.82, 2.24) is 15.8 Å². The van der Waals surface area contributed by atoms with E-state index in [0.717, 1.165) is 39.8 Å². The number of para-hydroxylation sites is 1. The van der Waals surface area contributed by atoms with Crippen LogP contribution in [0, 0.1) is 0 Å². The zero-order valence-corrected chi connectivity index (χ0v) is 14.2. The number of benzene rings is 2. The first-order valence-electron chi connectivity index (χ1n) is 8.56. The molecule has 2 aromatic carbocycles. The summed E-state index contributed by atoms with van der Waals surface area (Å²) in [6.45, 7) is 0.689. The first-order chi connectivity index (χ1) is 12.7. The van der Waals surface area contributed by atoms with E-state index in [1.807, 2.05) is 48.7 Å². The van der Waals surface area contributed by atoms with Crippen LogP contribution in [0.2, 0.25) is 0 Å². The molecule has 0 atom stereocenters. The Morgan fingerprint density at radius 2 is 1.85 bits per heavy atom. The summed E-state index contributed by atoms with van der Waals surface area (Å²) in [6.07, 6.45) is 3.09. The third-order valence-corrected chi connectivity index (χ3v) is 4.49. The van der Waals surface area contributed by atoms with Crippen LogP contribution in [-0.2, 0) is 28.9 Å². The molecule has 26 heavy (non-hydrogen) atoms. The van der Waals surface area contributed by atoms with E-state index in [9.17, 15) is 9.59 Å². The average molecular weight is 349 g/mol. The summed E-state index contributed by atoms with van der Waals surface area (Å²) in [6, 6.07) is 13.5. The van der Waals surface area contributed by atoms with Crippen LogP contribution >= 0.6 is 0 Å². The fraction of sp³-hybridized carbons (Fsp3) is 0.200. The molecule has 1 aliphatic rings. The zero-order valence-electron chi connectivity index (χ0n) is 14.2. The standard InChI is InChI=1S/C20H19N3O3/c24-19(10-13-5-6-18-14(9-13)7-8-26-18)22-23-20(25)11-15-12-21-17-4-2-1-3-16(15)17/h1-6,9,12,21H,7-8,10-11H2,(H,22,24)(H,23,25). The fourth-order valence-corrected chi connectivity index (χ4v) is 3.21. The number of nitrogens with one attached hydrogen (secondary N) is 3. The van der Waals surface area contributed by atoms with Crippen LogP contribution in [0.1, 0.15) is 16.7 Å². The highest BCUT2D eigenvalue weighted by Gasteiger charge is 2.14. The minimum absolute atomic E-state index is 0.195. The van der Waals surface area contributed by atoms with E-state index < -0.39 is 0 Å². The summed E-state index contributed by atoms with van der Waals surface area (Å²) < 4.78 is 5.46. The van der Waals surface area contributed by atoms with Gasteiger partial charge in [-0.15, -0.1) is 0 Å². The minimum Gasteiger partial charge on any atom is -0.493 e. The van der Waals surface area contributed by atoms with Gasteiger partial charge in [0.25, 0.3) is 0 Å². The number of carbonyl (C=O) groups excluding carboxylic acids is 2. The van der Waals surface area contributed by atoms with Gasteiger partial charge in [-0.1, -0.05) is 30.3 Å². The molecule has 0 aliphatic carbocycles. The van der Waals surface area contributed by atoms with Crippen LogP contribution in [0.3, 0.4) is 0 Å². The second-order valence-corrected chi connectivity index (χ2v) is 6.35. The van der Waals surface area contributed by atoms with Crippen LogP contribution in [0.25, 0.3) is 10.9 Å². The summed E-state index contributed by atoms with van der Waals surface area (Å²) in [7, 11) is 0. The average Bonchev–Trinajstić information content (AvgIpc) is 3.27. The number of aromatic nitrogens is 1. The predicted octanol–water partition coefficient (Wildman–Crippen LogP) is 2.04. The molecule has 0 radical (unpaired) electrons. The van der Waals surface area contributed by atoms with Crippen molar-refractivity contribution in [2.24, 2.45) is 0 Å². The van der Waals surface area contributed by atoms with Crippen LogP contribution < -0.4 is 15.6 Å². The Morgan fingerprint density at radius 3 is 2.73 bits per heavy atom. The number of hydrogen-bond acceptors (Lipinski definition) is 3. The molecule has 3 aromatic rings. The molecule has 3 N–H and O–H groups in total. The molecule has 0 fully saturated rings. The molecular weight excluding hydrogens is 330 g/mol. The zero-order chi connectivity index (χ0) is 17.9. The number of hydrazine groups is 1. The number of hydrogen-bond donors (Lipinski definition) is 3. The van der Waals surface area contributed by atoms with Gasteiger partial charge in [-0.3, -0.25) is 20.4 Å². The summed E-state index contributed by atoms with van der Waals surface area (Å²) in [4.78, 5) is 27.3. The lowest BCUT2D eigenvalue weighted by molar-refractivity contribution is -0.128. The van der Waals surface area contributed by atoms with Gasteiger partial charge in [0, 0.05) is 23.5 Å². The SMILES string of the molecule is O=C(Cc1ccc2c(c1)CCO2)NNC(=O)Cc1c[nH]c2ccccc12. The maximum atomic E-state index is 12.1. The van der Waals surface area contributed by atoms with E-state index in [1.165, 1.54) is 0 Å². The summed E-state index contributed by atoms with van der Waals surface area (Å²) >= 11 is 0. The number of H-pyrrole nitrogens is 1. The topological polar surface area (TPSA) is 83.2 Å². The highest BCUT2D eigenvalue weighted by Crippen LogP contribution is 2.26. The maximum absolute atomic E-state index is 12.1. The predicted molar refractivity (Wildman–Crippen MR) is 97.6 cm³/mol. The smallest absolute Gasteiger partial charge is 0.242 e. The molecule has 6 nitrogen and oxygen atoms in total. The maximum Gasteiger partial charge on any atom is 0.242 e. The Balaban J connectivity index is 1.30. The highest BCUT2D eigenvalue weighted by atomic mass is 16.5. The molecule has 6 heteroatoms. The van der Waals surface area contributed by atoms with Crippen LogP contribution in [-0.4, -0.2) is 23.4 Å². The summed E-state index contributed by atoms with van der Waals surface area (Å²) in [5.74, 6) is 0.378. The lowest BCUT2D eigenvalue weighted by Crippen LogP contribution is -2.43. The van der Waals surface area contributed by atoms with Crippen LogP contribution in [0.5, 0.6) is 5.75 Å². The Bertz CT molecular complexity index is 977. The molecule has 0 saturated carbocycles. The number of fused-ring (bicyclic) bond motifs is 2. The molecule has 1 aliphatic heterocycles. The Hall–Kier alpha value is -3.28. The van der Waals surface area contributed by atoms with Crippen molar-refractivity contribution in [3.8, 4) is 5.75 Å². The van der Waals surface area contributed by atoms with Crippen LogP contribution in [0.4, 0.5) is 0 Å². The minimum atomic E-state index is -0.259. The first kappa shape index (κ1) is 16.2. The van der Waals surface area contributed by atoms with Crippen molar-refractivity contribution >= 4 is 22.7 Å². The molecule has 1 aromatic heterocycles. The molecule has 2 heterocycles. The van der Waals surface area contributed by atoms with Gasteiger partial charge in [-0.25, -0.2) is 0 Å². The van der Waals surface area contributed by atoms with E-state index in [-0.39, 0.29) is 24.7 Å². The largest absolute Gasteiger partial charge is 0.493 e. The highest BCUT2D eigenvalue weighted by molar-refractivity contribution is 5.90. The van der Waals surface area contributed by atoms with Crippen molar-refractivity contribution in [2.45, 2.75) is 19.3 Å². The molecule has 4 rings (SSSR count). The Labute approximate surface area is 150 Å². The second-order valence-electron chi connectivity index (χ2n) is 6.35. The van der Waals surface area contributed by atoms with Crippen molar-refractivity contribution in [3.05, 3.63) is 65.4 Å². The third kappa shape index (κ3) is 3.39. The molecule has 0 saturated heterocycles. The molecule has 0 unspecified atom stereocenters. The van der Waals surface area contributed by atoms with E-state index in [2.05, 4.69) is 15.8 Å². The molecule has 0 bridgehead atoms. The second kappa shape index (κ2) is 6.92. The number of ether oxygens (including phenoxy) is 1. The lowest BCUT2D eigenvalue weighted by atomic mass is 10.1. The van der Waals surface area contributed by atoms with Gasteiger partial charge in [-0.05, 0) is 28.8 Å². The Kier molecular flexibility index (Phi) is 4.31. The summed E-state index contributed by atoms with van der Waals surface area (Å²) in [5.41, 5.74) is 8.86. The van der Waals surface area contributed by atoms with Gasteiger partial charge in [0.1, 0.15) is 5.75 Å². The number of carbonyl (C=O) groups is 2. The van der Waals surface area contributed by atoms with Gasteiger partial charge >= 0.3 is 0 Å². The molecule has 2 amide bonds. The number of rotatable bonds is 4. The fourth-order valence-electron chi connectivity index (χ4n) is 3.21. The quantitative estimate of drug-likeness (QED) is 0.630. The van der Waals surface area contributed by atoms with Crippen molar-refractivity contribution in [3.63, 3.8) is 0 Å². The van der Waals surface area contributed by atoms with Crippen LogP contribution in [0.15, 0.2) is 48.7 Å². The number of amides is 2. The third-order valence-electron chi connectivity index (χ3n) is 4.49. The van der Waals surface area contributed by atoms with E-state index in [4.69, 9.17) is 4.74 Å². The first-order valence-corrected chi connectivity index (χ1v) is 8.56. The normalized spacial score (nSPS) is 12.5. The molecular formula is C20H19N3O3. The van der Waals surface area contributed by atoms with Gasteiger partial charge in [0.15, 0.2) is 0 Å². The van der Waals surface area contributed by atoms with Gasteiger partial charge in [0.05, 0.1) is 19.4 Å². The van der Waals surface area contributed by atoms with E-state index >= 15 is 0 Å². The molecule has 0 spiro atoms. The van der Waals surface area contributed by atoms with Gasteiger partial charge < -0.3 is 9.72 Å². The lowest BCUT2D eigenvalue weighted by Gasteiger charge is -2.08. The van der Waals surface area contributed by atoms with Crippen molar-refractivity contribution < 1.29 is 14.3 Å². The Morgan fingerprint density at radius 1 is 1.04 bits per heavy atom. The van der Waals surface area contributed by atoms with Gasteiger partial charge in [-0.2, -0.15) is 0 Å². The summed E-state index contributed by atoms with van der Waals surface area (Å²) in [5, 5.41) is 1.01. The van der Waals surface area contributed by atoms with Crippen molar-refractivity contribution in [2.75, 3.05) is 6.61 Å². The molecule has 132 valence electrons. The van der Waals surface area contributed by atoms with E-state index in [1.54, 1.807) is 0 Å². The van der Waals surface area contributed by atoms with Gasteiger partial charge in [0.2, 0.25) is 11.8 Å². The number of aromatic amines is 1. The van der Waals surface area contributed by atoms with E-state index in [0.29, 0.717) is 6.61 Å².